The Morgan fingerprint density at radius 3 is 2.53 bits per heavy atom. The van der Waals surface area contributed by atoms with Gasteiger partial charge in [-0.05, 0) is 5.56 Å². The summed E-state index contributed by atoms with van der Waals surface area (Å²) >= 11 is 0. The monoisotopic (exact) mass is 208 g/mol. The molecule has 0 aliphatic carbocycles. The van der Waals surface area contributed by atoms with Crippen molar-refractivity contribution in [1.29, 1.82) is 0 Å². The summed E-state index contributed by atoms with van der Waals surface area (Å²) in [4.78, 5) is 1.43. The van der Waals surface area contributed by atoms with Gasteiger partial charge in [0.05, 0.1) is 13.2 Å². The van der Waals surface area contributed by atoms with Gasteiger partial charge in [-0.2, -0.15) is 0 Å². The first-order chi connectivity index (χ1) is 7.36. The van der Waals surface area contributed by atoms with Gasteiger partial charge in [0.25, 0.3) is 0 Å². The van der Waals surface area contributed by atoms with Crippen molar-refractivity contribution in [2.24, 2.45) is 0 Å². The molecule has 1 fully saturated rings. The molecule has 0 unspecified atom stereocenters. The van der Waals surface area contributed by atoms with Crippen LogP contribution in [0.5, 0.6) is 0 Å². The maximum absolute atomic E-state index is 10.0. The van der Waals surface area contributed by atoms with Crippen molar-refractivity contribution in [2.75, 3.05) is 32.8 Å². The Labute approximate surface area is 90.3 Å². The van der Waals surface area contributed by atoms with E-state index < -0.39 is 0 Å². The summed E-state index contributed by atoms with van der Waals surface area (Å²) in [6.07, 6.45) is -0.348. The lowest BCUT2D eigenvalue weighted by atomic mass is 10.1. The van der Waals surface area contributed by atoms with E-state index in [9.17, 15) is 5.11 Å². The second-order valence-electron chi connectivity index (χ2n) is 3.99. The smallest absolute Gasteiger partial charge is 0.128 e. The summed E-state index contributed by atoms with van der Waals surface area (Å²) in [5, 5.41) is 10.0. The molecule has 0 aromatic heterocycles. The van der Waals surface area contributed by atoms with Crippen molar-refractivity contribution in [3.8, 4) is 0 Å². The van der Waals surface area contributed by atoms with Gasteiger partial charge in [-0.15, -0.1) is 0 Å². The third-order valence-electron chi connectivity index (χ3n) is 2.87. The minimum atomic E-state index is -0.348. The Morgan fingerprint density at radius 1 is 1.20 bits per heavy atom. The zero-order chi connectivity index (χ0) is 10.5. The van der Waals surface area contributed by atoms with Gasteiger partial charge in [-0.1, -0.05) is 30.3 Å². The summed E-state index contributed by atoms with van der Waals surface area (Å²) in [6.45, 7) is 4.43. The van der Waals surface area contributed by atoms with Gasteiger partial charge < -0.3 is 14.7 Å². The average Bonchev–Trinajstić information content (AvgIpc) is 2.31. The highest BCUT2D eigenvalue weighted by molar-refractivity contribution is 5.17. The molecule has 2 N–H and O–H groups in total. The summed E-state index contributed by atoms with van der Waals surface area (Å²) in [6, 6.07) is 9.85. The zero-order valence-corrected chi connectivity index (χ0v) is 8.86. The van der Waals surface area contributed by atoms with E-state index in [0.717, 1.165) is 38.4 Å². The zero-order valence-electron chi connectivity index (χ0n) is 8.86. The Balaban J connectivity index is 1.88. The van der Waals surface area contributed by atoms with E-state index in [-0.39, 0.29) is 6.10 Å². The average molecular weight is 208 g/mol. The standard InChI is InChI=1S/C12H17NO2/c14-12(11-4-2-1-3-5-11)10-13-6-8-15-9-7-13/h1-5,12,14H,6-10H2/p+1/t12-/m0/s1. The van der Waals surface area contributed by atoms with E-state index in [0.29, 0.717) is 0 Å². The van der Waals surface area contributed by atoms with Crippen LogP contribution in [0, 0.1) is 0 Å². The number of nitrogens with one attached hydrogen (secondary N) is 1. The number of morpholine rings is 1. The SMILES string of the molecule is O[C@@H](C[NH+]1CCOCC1)c1ccccc1. The minimum absolute atomic E-state index is 0.348. The van der Waals surface area contributed by atoms with Crippen LogP contribution >= 0.6 is 0 Å². The van der Waals surface area contributed by atoms with Gasteiger partial charge >= 0.3 is 0 Å². The number of hydrogen-bond donors (Lipinski definition) is 2. The third kappa shape index (κ3) is 3.02. The summed E-state index contributed by atoms with van der Waals surface area (Å²) in [5.41, 5.74) is 1.01. The van der Waals surface area contributed by atoms with E-state index in [1.54, 1.807) is 0 Å². The van der Waals surface area contributed by atoms with Crippen molar-refractivity contribution in [3.05, 3.63) is 35.9 Å². The van der Waals surface area contributed by atoms with Crippen LogP contribution in [0.3, 0.4) is 0 Å². The van der Waals surface area contributed by atoms with Gasteiger partial charge in [0.2, 0.25) is 0 Å². The molecule has 0 radical (unpaired) electrons. The number of benzene rings is 1. The highest BCUT2D eigenvalue weighted by atomic mass is 16.5. The Hall–Kier alpha value is -0.900. The Kier molecular flexibility index (Phi) is 3.72. The quantitative estimate of drug-likeness (QED) is 0.711. The lowest BCUT2D eigenvalue weighted by molar-refractivity contribution is -0.911. The minimum Gasteiger partial charge on any atom is -0.382 e. The molecule has 1 heterocycles. The largest absolute Gasteiger partial charge is 0.382 e. The number of aliphatic hydroxyl groups is 1. The van der Waals surface area contributed by atoms with Gasteiger partial charge in [-0.3, -0.25) is 0 Å². The van der Waals surface area contributed by atoms with Gasteiger partial charge in [0.1, 0.15) is 25.7 Å². The van der Waals surface area contributed by atoms with Crippen molar-refractivity contribution >= 4 is 0 Å². The molecule has 3 heteroatoms. The summed E-state index contributed by atoms with van der Waals surface area (Å²) in [7, 11) is 0. The molecule has 82 valence electrons. The molecule has 0 saturated carbocycles. The van der Waals surface area contributed by atoms with Crippen LogP contribution in [-0.4, -0.2) is 38.0 Å². The van der Waals surface area contributed by atoms with E-state index in [2.05, 4.69) is 0 Å². The third-order valence-corrected chi connectivity index (χ3v) is 2.87. The molecule has 1 saturated heterocycles. The van der Waals surface area contributed by atoms with Crippen molar-refractivity contribution in [3.63, 3.8) is 0 Å². The molecular weight excluding hydrogens is 190 g/mol. The maximum atomic E-state index is 10.0. The van der Waals surface area contributed by atoms with Crippen molar-refractivity contribution in [2.45, 2.75) is 6.10 Å². The fourth-order valence-electron chi connectivity index (χ4n) is 1.93. The Morgan fingerprint density at radius 2 is 1.87 bits per heavy atom. The lowest BCUT2D eigenvalue weighted by Gasteiger charge is -2.25. The van der Waals surface area contributed by atoms with Crippen LogP contribution in [0.15, 0.2) is 30.3 Å². The molecule has 0 bridgehead atoms. The second kappa shape index (κ2) is 5.26. The van der Waals surface area contributed by atoms with Gasteiger partial charge in [0, 0.05) is 0 Å². The second-order valence-corrected chi connectivity index (χ2v) is 3.99. The number of rotatable bonds is 3. The summed E-state index contributed by atoms with van der Waals surface area (Å²) < 4.78 is 5.28. The predicted molar refractivity (Wildman–Crippen MR) is 57.8 cm³/mol. The van der Waals surface area contributed by atoms with E-state index >= 15 is 0 Å². The summed E-state index contributed by atoms with van der Waals surface area (Å²) in [5.74, 6) is 0. The molecule has 1 aliphatic heterocycles. The molecule has 1 aromatic carbocycles. The van der Waals surface area contributed by atoms with Crippen LogP contribution < -0.4 is 4.90 Å². The van der Waals surface area contributed by atoms with E-state index in [4.69, 9.17) is 4.74 Å². The fraction of sp³-hybridized carbons (Fsp3) is 0.500. The topological polar surface area (TPSA) is 33.9 Å². The normalized spacial score (nSPS) is 20.1. The van der Waals surface area contributed by atoms with Crippen LogP contribution in [0.25, 0.3) is 0 Å². The van der Waals surface area contributed by atoms with Gasteiger partial charge in [0.15, 0.2) is 0 Å². The van der Waals surface area contributed by atoms with Crippen molar-refractivity contribution in [1.82, 2.24) is 0 Å². The first kappa shape index (κ1) is 10.6. The van der Waals surface area contributed by atoms with Crippen LogP contribution in [0.2, 0.25) is 0 Å². The fourth-order valence-corrected chi connectivity index (χ4v) is 1.93. The first-order valence-electron chi connectivity index (χ1n) is 5.50. The molecule has 1 aromatic rings. The number of ether oxygens (including phenoxy) is 1. The number of aliphatic hydroxyl groups excluding tert-OH is 1. The molecule has 2 rings (SSSR count). The first-order valence-corrected chi connectivity index (χ1v) is 5.50. The number of hydrogen-bond acceptors (Lipinski definition) is 2. The highest BCUT2D eigenvalue weighted by Crippen LogP contribution is 2.09. The molecular formula is C12H18NO2+. The predicted octanol–water partition coefficient (Wildman–Crippen LogP) is -0.365. The van der Waals surface area contributed by atoms with E-state index in [1.165, 1.54) is 4.90 Å². The molecule has 0 spiro atoms. The van der Waals surface area contributed by atoms with Crippen LogP contribution in [0.1, 0.15) is 11.7 Å². The molecule has 3 nitrogen and oxygen atoms in total. The lowest BCUT2D eigenvalue weighted by Crippen LogP contribution is -3.14. The molecule has 0 amide bonds. The number of quaternary nitrogens is 1. The van der Waals surface area contributed by atoms with E-state index in [1.807, 2.05) is 30.3 Å². The molecule has 1 aliphatic rings. The Bertz CT molecular complexity index is 283. The van der Waals surface area contributed by atoms with Crippen LogP contribution in [-0.2, 0) is 4.74 Å². The van der Waals surface area contributed by atoms with Gasteiger partial charge in [-0.25, -0.2) is 0 Å². The molecule has 15 heavy (non-hydrogen) atoms. The highest BCUT2D eigenvalue weighted by Gasteiger charge is 2.18. The van der Waals surface area contributed by atoms with Crippen LogP contribution in [0.4, 0.5) is 0 Å². The van der Waals surface area contributed by atoms with Crippen molar-refractivity contribution < 1.29 is 14.7 Å². The maximum Gasteiger partial charge on any atom is 0.128 e. The molecule has 1 atom stereocenters.